The van der Waals surface area contributed by atoms with Crippen LogP contribution in [0, 0.1) is 5.92 Å². The Morgan fingerprint density at radius 2 is 2.03 bits per heavy atom. The zero-order chi connectivity index (χ0) is 20.5. The third-order valence-corrected chi connectivity index (χ3v) is 5.75. The number of esters is 1. The summed E-state index contributed by atoms with van der Waals surface area (Å²) in [6.07, 6.45) is 3.11. The first-order valence-electron chi connectivity index (χ1n) is 10.6. The maximum atomic E-state index is 11.6. The van der Waals surface area contributed by atoms with Crippen molar-refractivity contribution in [2.75, 3.05) is 46.6 Å². The van der Waals surface area contributed by atoms with Crippen molar-refractivity contribution >= 4 is 5.97 Å². The Morgan fingerprint density at radius 3 is 2.76 bits per heavy atom. The predicted molar refractivity (Wildman–Crippen MR) is 110 cm³/mol. The normalized spacial score (nSPS) is 20.3. The number of nitrogens with one attached hydrogen (secondary N) is 1. The van der Waals surface area contributed by atoms with Crippen LogP contribution in [0.4, 0.5) is 0 Å². The SMILES string of the molecule is COC(=O)C1CCN(CC(O)COc2cccc(CNC3CCOCC3)c2)CC1. The molecule has 2 aliphatic heterocycles. The molecule has 0 spiro atoms. The monoisotopic (exact) mass is 406 g/mol. The maximum Gasteiger partial charge on any atom is 0.308 e. The predicted octanol–water partition coefficient (Wildman–Crippen LogP) is 1.58. The lowest BCUT2D eigenvalue weighted by Gasteiger charge is -2.31. The van der Waals surface area contributed by atoms with E-state index in [2.05, 4.69) is 16.3 Å². The van der Waals surface area contributed by atoms with E-state index < -0.39 is 6.10 Å². The Morgan fingerprint density at radius 1 is 1.28 bits per heavy atom. The molecule has 2 aliphatic rings. The van der Waals surface area contributed by atoms with Crippen molar-refractivity contribution in [1.82, 2.24) is 10.2 Å². The molecule has 2 saturated heterocycles. The van der Waals surface area contributed by atoms with E-state index in [1.807, 2.05) is 18.2 Å². The van der Waals surface area contributed by atoms with Crippen molar-refractivity contribution in [2.45, 2.75) is 44.4 Å². The molecular formula is C22H34N2O5. The Balaban J connectivity index is 1.36. The number of benzene rings is 1. The van der Waals surface area contributed by atoms with Crippen LogP contribution in [0.3, 0.4) is 0 Å². The smallest absolute Gasteiger partial charge is 0.308 e. The van der Waals surface area contributed by atoms with E-state index in [-0.39, 0.29) is 18.5 Å². The summed E-state index contributed by atoms with van der Waals surface area (Å²) in [6, 6.07) is 8.54. The Hall–Kier alpha value is -1.67. The van der Waals surface area contributed by atoms with Crippen molar-refractivity contribution in [1.29, 1.82) is 0 Å². The van der Waals surface area contributed by atoms with E-state index >= 15 is 0 Å². The van der Waals surface area contributed by atoms with Gasteiger partial charge in [0.2, 0.25) is 0 Å². The van der Waals surface area contributed by atoms with Crippen LogP contribution in [0.1, 0.15) is 31.2 Å². The number of aliphatic hydroxyl groups is 1. The van der Waals surface area contributed by atoms with Crippen molar-refractivity contribution in [3.8, 4) is 5.75 Å². The molecule has 2 heterocycles. The lowest BCUT2D eigenvalue weighted by molar-refractivity contribution is -0.147. The molecule has 2 N–H and O–H groups in total. The van der Waals surface area contributed by atoms with Gasteiger partial charge < -0.3 is 29.5 Å². The molecule has 162 valence electrons. The summed E-state index contributed by atoms with van der Waals surface area (Å²) < 4.78 is 16.0. The summed E-state index contributed by atoms with van der Waals surface area (Å²) in [5, 5.41) is 13.9. The molecule has 0 aliphatic carbocycles. The van der Waals surface area contributed by atoms with Crippen LogP contribution < -0.4 is 10.1 Å². The minimum Gasteiger partial charge on any atom is -0.491 e. The first-order chi connectivity index (χ1) is 14.1. The van der Waals surface area contributed by atoms with Gasteiger partial charge in [0.05, 0.1) is 13.0 Å². The Bertz CT molecular complexity index is 627. The molecule has 0 amide bonds. The largest absolute Gasteiger partial charge is 0.491 e. The zero-order valence-electron chi connectivity index (χ0n) is 17.3. The number of hydrogen-bond acceptors (Lipinski definition) is 7. The van der Waals surface area contributed by atoms with E-state index in [1.165, 1.54) is 12.7 Å². The number of nitrogens with zero attached hydrogens (tertiary/aromatic N) is 1. The number of rotatable bonds is 9. The first-order valence-corrected chi connectivity index (χ1v) is 10.6. The van der Waals surface area contributed by atoms with E-state index in [0.717, 1.165) is 64.3 Å². The molecule has 7 nitrogen and oxygen atoms in total. The van der Waals surface area contributed by atoms with Crippen LogP contribution in [0.2, 0.25) is 0 Å². The molecule has 1 aromatic carbocycles. The number of hydrogen-bond donors (Lipinski definition) is 2. The highest BCUT2D eigenvalue weighted by atomic mass is 16.5. The average Bonchev–Trinajstić information content (AvgIpc) is 2.77. The van der Waals surface area contributed by atoms with Crippen LogP contribution in [-0.2, 0) is 20.8 Å². The second-order valence-electron chi connectivity index (χ2n) is 7.98. The molecule has 0 radical (unpaired) electrons. The van der Waals surface area contributed by atoms with Crippen LogP contribution in [-0.4, -0.2) is 74.7 Å². The molecule has 3 rings (SSSR count). The summed E-state index contributed by atoms with van der Waals surface area (Å²) >= 11 is 0. The number of β-amino-alcohol motifs (C(OH)–C–C–N with tert-alkyl or cyclic N) is 1. The fraction of sp³-hybridized carbons (Fsp3) is 0.682. The van der Waals surface area contributed by atoms with Gasteiger partial charge in [0, 0.05) is 32.3 Å². The van der Waals surface area contributed by atoms with Gasteiger partial charge in [0.25, 0.3) is 0 Å². The van der Waals surface area contributed by atoms with Crippen molar-refractivity contribution in [2.24, 2.45) is 5.92 Å². The second-order valence-corrected chi connectivity index (χ2v) is 7.98. The minimum atomic E-state index is -0.561. The molecule has 7 heteroatoms. The molecule has 1 unspecified atom stereocenters. The van der Waals surface area contributed by atoms with Gasteiger partial charge in [-0.1, -0.05) is 12.1 Å². The van der Waals surface area contributed by atoms with Gasteiger partial charge in [-0.15, -0.1) is 0 Å². The van der Waals surface area contributed by atoms with Crippen molar-refractivity contribution in [3.05, 3.63) is 29.8 Å². The zero-order valence-corrected chi connectivity index (χ0v) is 17.3. The third-order valence-electron chi connectivity index (χ3n) is 5.75. The highest BCUT2D eigenvalue weighted by Gasteiger charge is 2.26. The highest BCUT2D eigenvalue weighted by molar-refractivity contribution is 5.72. The van der Waals surface area contributed by atoms with Gasteiger partial charge in [-0.25, -0.2) is 0 Å². The summed E-state index contributed by atoms with van der Waals surface area (Å²) in [6.45, 7) is 4.87. The van der Waals surface area contributed by atoms with Gasteiger partial charge >= 0.3 is 5.97 Å². The summed E-state index contributed by atoms with van der Waals surface area (Å²) in [4.78, 5) is 13.8. The fourth-order valence-corrected chi connectivity index (χ4v) is 3.97. The van der Waals surface area contributed by atoms with E-state index in [9.17, 15) is 9.90 Å². The molecule has 0 aromatic heterocycles. The fourth-order valence-electron chi connectivity index (χ4n) is 3.97. The standard InChI is InChI=1S/C22H34N2O5/c1-27-22(26)18-5-9-24(10-6-18)15-20(25)16-29-21-4-2-3-17(13-21)14-23-19-7-11-28-12-8-19/h2-4,13,18-20,23,25H,5-12,14-16H2,1H3. The van der Waals surface area contributed by atoms with E-state index in [4.69, 9.17) is 14.2 Å². The number of piperidine rings is 1. The van der Waals surface area contributed by atoms with Gasteiger partial charge in [0.15, 0.2) is 0 Å². The Kier molecular flexibility index (Phi) is 8.73. The van der Waals surface area contributed by atoms with Crippen LogP contribution >= 0.6 is 0 Å². The lowest BCUT2D eigenvalue weighted by atomic mass is 9.97. The lowest BCUT2D eigenvalue weighted by Crippen LogP contribution is -2.42. The molecule has 1 aromatic rings. The third kappa shape index (κ3) is 7.26. The molecule has 29 heavy (non-hydrogen) atoms. The summed E-state index contributed by atoms with van der Waals surface area (Å²) in [5.41, 5.74) is 1.17. The van der Waals surface area contributed by atoms with E-state index in [1.54, 1.807) is 0 Å². The molecule has 0 bridgehead atoms. The van der Waals surface area contributed by atoms with Gasteiger partial charge in [0.1, 0.15) is 18.5 Å². The number of aliphatic hydroxyl groups excluding tert-OH is 1. The topological polar surface area (TPSA) is 80.3 Å². The number of likely N-dealkylation sites (tertiary alicyclic amines) is 1. The van der Waals surface area contributed by atoms with Crippen LogP contribution in [0.25, 0.3) is 0 Å². The van der Waals surface area contributed by atoms with Crippen molar-refractivity contribution in [3.63, 3.8) is 0 Å². The number of carbonyl (C=O) groups excluding carboxylic acids is 1. The van der Waals surface area contributed by atoms with E-state index in [0.29, 0.717) is 12.6 Å². The molecule has 1 atom stereocenters. The van der Waals surface area contributed by atoms with Gasteiger partial charge in [-0.2, -0.15) is 0 Å². The van der Waals surface area contributed by atoms with Crippen LogP contribution in [0.5, 0.6) is 5.75 Å². The Labute approximate surface area is 173 Å². The quantitative estimate of drug-likeness (QED) is 0.603. The number of ether oxygens (including phenoxy) is 3. The molecular weight excluding hydrogens is 372 g/mol. The summed E-state index contributed by atoms with van der Waals surface area (Å²) in [7, 11) is 1.44. The van der Waals surface area contributed by atoms with Gasteiger partial charge in [-0.3, -0.25) is 4.79 Å². The first kappa shape index (κ1) is 22.0. The second kappa shape index (κ2) is 11.5. The maximum absolute atomic E-state index is 11.6. The van der Waals surface area contributed by atoms with Gasteiger partial charge in [-0.05, 0) is 56.5 Å². The molecule has 2 fully saturated rings. The average molecular weight is 407 g/mol. The minimum absolute atomic E-state index is 0.0119. The summed E-state index contributed by atoms with van der Waals surface area (Å²) in [5.74, 6) is 0.640. The van der Waals surface area contributed by atoms with Crippen molar-refractivity contribution < 1.29 is 24.1 Å². The van der Waals surface area contributed by atoms with Crippen LogP contribution in [0.15, 0.2) is 24.3 Å². The number of carbonyl (C=O) groups is 1. The highest BCUT2D eigenvalue weighted by Crippen LogP contribution is 2.19. The molecule has 0 saturated carbocycles. The number of methoxy groups -OCH3 is 1.